The van der Waals surface area contributed by atoms with Crippen molar-refractivity contribution in [3.8, 4) is 0 Å². The number of amides is 1. The minimum absolute atomic E-state index is 0.0561. The van der Waals surface area contributed by atoms with Gasteiger partial charge in [-0.1, -0.05) is 41.4 Å². The van der Waals surface area contributed by atoms with Crippen LogP contribution in [0.15, 0.2) is 24.3 Å². The Morgan fingerprint density at radius 3 is 2.65 bits per heavy atom. The molecule has 1 aliphatic heterocycles. The molecule has 5 nitrogen and oxygen atoms in total. The van der Waals surface area contributed by atoms with Gasteiger partial charge in [0.1, 0.15) is 5.15 Å². The van der Waals surface area contributed by atoms with Crippen LogP contribution in [0.2, 0.25) is 10.2 Å². The van der Waals surface area contributed by atoms with E-state index in [9.17, 15) is 4.79 Å². The molecule has 1 aromatic carbocycles. The highest BCUT2D eigenvalue weighted by Gasteiger charge is 2.26. The summed E-state index contributed by atoms with van der Waals surface area (Å²) in [6.07, 6.45) is 0. The average Bonchev–Trinajstić information content (AvgIpc) is 2.84. The molecule has 2 aromatic rings. The normalized spacial score (nSPS) is 15.0. The zero-order chi connectivity index (χ0) is 16.4. The smallest absolute Gasteiger partial charge is 0.258 e. The molecule has 1 saturated heterocycles. The monoisotopic (exact) mass is 352 g/mol. The first-order chi connectivity index (χ1) is 11.1. The molecule has 0 unspecified atom stereocenters. The number of hydrogen-bond donors (Lipinski definition) is 1. The number of carbonyl (C=O) groups excluding carboxylic acids is 1. The molecule has 1 aliphatic rings. The third-order valence-electron chi connectivity index (χ3n) is 3.96. The highest BCUT2D eigenvalue weighted by molar-refractivity contribution is 6.33. The second kappa shape index (κ2) is 6.91. The van der Waals surface area contributed by atoms with E-state index >= 15 is 0 Å². The van der Waals surface area contributed by atoms with Crippen LogP contribution >= 0.6 is 23.2 Å². The van der Waals surface area contributed by atoms with E-state index in [2.05, 4.69) is 10.4 Å². The molecule has 0 bridgehead atoms. The van der Waals surface area contributed by atoms with Gasteiger partial charge in [-0.3, -0.25) is 4.79 Å². The van der Waals surface area contributed by atoms with Crippen molar-refractivity contribution < 1.29 is 4.79 Å². The van der Waals surface area contributed by atoms with Crippen LogP contribution in [0.4, 0.5) is 0 Å². The van der Waals surface area contributed by atoms with Crippen LogP contribution in [-0.2, 0) is 6.54 Å². The average molecular weight is 353 g/mol. The topological polar surface area (TPSA) is 50.2 Å². The fourth-order valence-electron chi connectivity index (χ4n) is 2.72. The molecule has 1 N–H and O–H groups in total. The Balaban J connectivity index is 1.87. The number of aromatic nitrogens is 2. The molecule has 3 rings (SSSR count). The second-order valence-electron chi connectivity index (χ2n) is 5.54. The summed E-state index contributed by atoms with van der Waals surface area (Å²) in [5.41, 5.74) is 2.05. The van der Waals surface area contributed by atoms with Crippen molar-refractivity contribution in [2.45, 2.75) is 13.5 Å². The summed E-state index contributed by atoms with van der Waals surface area (Å²) in [7, 11) is 0. The molecule has 0 radical (unpaired) electrons. The van der Waals surface area contributed by atoms with Crippen molar-refractivity contribution in [2.24, 2.45) is 0 Å². The Hall–Kier alpha value is -1.56. The van der Waals surface area contributed by atoms with Crippen LogP contribution in [0.25, 0.3) is 0 Å². The van der Waals surface area contributed by atoms with E-state index in [0.29, 0.717) is 41.1 Å². The Morgan fingerprint density at radius 1 is 1.26 bits per heavy atom. The number of rotatable bonds is 3. The maximum atomic E-state index is 12.7. The van der Waals surface area contributed by atoms with Gasteiger partial charge < -0.3 is 10.2 Å². The highest BCUT2D eigenvalue weighted by Crippen LogP contribution is 2.24. The Morgan fingerprint density at radius 2 is 1.96 bits per heavy atom. The predicted octanol–water partition coefficient (Wildman–Crippen LogP) is 2.59. The number of benzene rings is 1. The van der Waals surface area contributed by atoms with Gasteiger partial charge in [-0.15, -0.1) is 0 Å². The minimum Gasteiger partial charge on any atom is -0.336 e. The fraction of sp³-hybridized carbons (Fsp3) is 0.375. The van der Waals surface area contributed by atoms with Crippen molar-refractivity contribution in [3.63, 3.8) is 0 Å². The van der Waals surface area contributed by atoms with Crippen LogP contribution in [0.3, 0.4) is 0 Å². The first-order valence-electron chi connectivity index (χ1n) is 7.54. The van der Waals surface area contributed by atoms with E-state index in [0.717, 1.165) is 18.7 Å². The van der Waals surface area contributed by atoms with Crippen LogP contribution in [-0.4, -0.2) is 46.8 Å². The third-order valence-corrected chi connectivity index (χ3v) is 4.71. The van der Waals surface area contributed by atoms with E-state index < -0.39 is 0 Å². The number of piperazine rings is 1. The molecule has 0 spiro atoms. The first kappa shape index (κ1) is 16.3. The van der Waals surface area contributed by atoms with Gasteiger partial charge in [-0.25, -0.2) is 4.68 Å². The molecule has 122 valence electrons. The van der Waals surface area contributed by atoms with Gasteiger partial charge in [-0.2, -0.15) is 5.10 Å². The van der Waals surface area contributed by atoms with Gasteiger partial charge in [0.15, 0.2) is 0 Å². The molecular weight excluding hydrogens is 335 g/mol. The minimum atomic E-state index is -0.0561. The van der Waals surface area contributed by atoms with Crippen LogP contribution < -0.4 is 5.32 Å². The largest absolute Gasteiger partial charge is 0.336 e. The second-order valence-corrected chi connectivity index (χ2v) is 6.31. The van der Waals surface area contributed by atoms with Gasteiger partial charge >= 0.3 is 0 Å². The molecule has 1 fully saturated rings. The highest BCUT2D eigenvalue weighted by atomic mass is 35.5. The van der Waals surface area contributed by atoms with Gasteiger partial charge in [0, 0.05) is 31.2 Å². The van der Waals surface area contributed by atoms with Gasteiger partial charge in [0.25, 0.3) is 5.91 Å². The Bertz CT molecular complexity index is 723. The van der Waals surface area contributed by atoms with Crippen LogP contribution in [0.5, 0.6) is 0 Å². The van der Waals surface area contributed by atoms with Crippen LogP contribution in [0.1, 0.15) is 21.6 Å². The van der Waals surface area contributed by atoms with Crippen molar-refractivity contribution in [1.82, 2.24) is 20.0 Å². The fourth-order valence-corrected chi connectivity index (χ4v) is 3.23. The summed E-state index contributed by atoms with van der Waals surface area (Å²) in [4.78, 5) is 14.5. The third kappa shape index (κ3) is 3.37. The Kier molecular flexibility index (Phi) is 4.90. The lowest BCUT2D eigenvalue weighted by atomic mass is 10.2. The summed E-state index contributed by atoms with van der Waals surface area (Å²) in [5, 5.41) is 8.68. The lowest BCUT2D eigenvalue weighted by molar-refractivity contribution is 0.0735. The SMILES string of the molecule is Cc1nn(Cc2ccccc2Cl)c(Cl)c1C(=O)N1CCNCC1. The molecule has 0 atom stereocenters. The Labute approximate surface area is 145 Å². The summed E-state index contributed by atoms with van der Waals surface area (Å²) in [5.74, 6) is -0.0561. The van der Waals surface area contributed by atoms with E-state index in [4.69, 9.17) is 23.2 Å². The van der Waals surface area contributed by atoms with E-state index in [-0.39, 0.29) is 5.91 Å². The van der Waals surface area contributed by atoms with Crippen molar-refractivity contribution in [1.29, 1.82) is 0 Å². The molecule has 7 heteroatoms. The maximum absolute atomic E-state index is 12.7. The van der Waals surface area contributed by atoms with Gasteiger partial charge in [0.05, 0.1) is 17.8 Å². The maximum Gasteiger partial charge on any atom is 0.258 e. The lowest BCUT2D eigenvalue weighted by Gasteiger charge is -2.27. The standard InChI is InChI=1S/C16H18Cl2N4O/c1-11-14(16(23)21-8-6-19-7-9-21)15(18)22(20-11)10-12-4-2-3-5-13(12)17/h2-5,19H,6-10H2,1H3. The number of hydrogen-bond acceptors (Lipinski definition) is 3. The van der Waals surface area contributed by atoms with Crippen molar-refractivity contribution in [3.05, 3.63) is 51.3 Å². The number of halogens is 2. The zero-order valence-corrected chi connectivity index (χ0v) is 14.4. The van der Waals surface area contributed by atoms with Crippen LogP contribution in [0, 0.1) is 6.92 Å². The number of nitrogens with zero attached hydrogens (tertiary/aromatic N) is 3. The molecule has 23 heavy (non-hydrogen) atoms. The van der Waals surface area contributed by atoms with E-state index in [1.807, 2.05) is 36.1 Å². The summed E-state index contributed by atoms with van der Waals surface area (Å²) in [6.45, 7) is 5.22. The summed E-state index contributed by atoms with van der Waals surface area (Å²) >= 11 is 12.6. The van der Waals surface area contributed by atoms with E-state index in [1.165, 1.54) is 0 Å². The zero-order valence-electron chi connectivity index (χ0n) is 12.9. The molecule has 0 aliphatic carbocycles. The van der Waals surface area contributed by atoms with Crippen molar-refractivity contribution >= 4 is 29.1 Å². The molecule has 1 aromatic heterocycles. The van der Waals surface area contributed by atoms with Gasteiger partial charge in [0.2, 0.25) is 0 Å². The van der Waals surface area contributed by atoms with E-state index in [1.54, 1.807) is 4.68 Å². The lowest BCUT2D eigenvalue weighted by Crippen LogP contribution is -2.46. The quantitative estimate of drug-likeness (QED) is 0.923. The number of aryl methyl sites for hydroxylation is 1. The molecule has 1 amide bonds. The van der Waals surface area contributed by atoms with Gasteiger partial charge in [-0.05, 0) is 18.6 Å². The number of nitrogens with one attached hydrogen (secondary N) is 1. The van der Waals surface area contributed by atoms with Crippen molar-refractivity contribution in [2.75, 3.05) is 26.2 Å². The molecular formula is C16H18Cl2N4O. The first-order valence-corrected chi connectivity index (χ1v) is 8.30. The summed E-state index contributed by atoms with van der Waals surface area (Å²) in [6, 6.07) is 7.54. The molecule has 2 heterocycles. The molecule has 0 saturated carbocycles. The summed E-state index contributed by atoms with van der Waals surface area (Å²) < 4.78 is 1.63. The predicted molar refractivity (Wildman–Crippen MR) is 91.3 cm³/mol. The number of carbonyl (C=O) groups is 1.